The van der Waals surface area contributed by atoms with E-state index in [-0.39, 0.29) is 36.1 Å². The molecule has 1 aromatic carbocycles. The highest BCUT2D eigenvalue weighted by Crippen LogP contribution is 2.25. The summed E-state index contributed by atoms with van der Waals surface area (Å²) < 4.78 is 10.9. The van der Waals surface area contributed by atoms with Crippen LogP contribution in [0.25, 0.3) is 0 Å². The largest absolute Gasteiger partial charge is 0.493 e. The molecule has 0 spiro atoms. The standard InChI is InChI=1S/C21H32N4O3.HI/c1-21(2,3)28-20(26)24-17-8-11-25(14-17)19(22-4)23-10-7-15-5-6-18-16(13-15)9-12-27-18;/h5-6,13,17H,7-12,14H2,1-4H3,(H,22,23)(H,24,26);1H/t17-;/m1./s1. The summed E-state index contributed by atoms with van der Waals surface area (Å²) >= 11 is 0. The SMILES string of the molecule is CN=C(NCCc1ccc2c(c1)CCO2)N1CC[C@@H](NC(=O)OC(C)(C)C)C1.I. The van der Waals surface area contributed by atoms with Crippen molar-refractivity contribution in [3.8, 4) is 5.75 Å². The van der Waals surface area contributed by atoms with E-state index < -0.39 is 5.60 Å². The second-order valence-electron chi connectivity index (χ2n) is 8.34. The molecule has 1 fully saturated rings. The Morgan fingerprint density at radius 2 is 2.17 bits per heavy atom. The number of hydrogen-bond donors (Lipinski definition) is 2. The molecular formula is C21H33IN4O3. The van der Waals surface area contributed by atoms with Gasteiger partial charge in [0, 0.05) is 33.1 Å². The topological polar surface area (TPSA) is 75.2 Å². The first kappa shape index (κ1) is 23.6. The minimum absolute atomic E-state index is 0. The number of carbonyl (C=O) groups is 1. The molecule has 29 heavy (non-hydrogen) atoms. The van der Waals surface area contributed by atoms with Crippen molar-refractivity contribution in [3.05, 3.63) is 29.3 Å². The van der Waals surface area contributed by atoms with Crippen LogP contribution in [0.4, 0.5) is 4.79 Å². The summed E-state index contributed by atoms with van der Waals surface area (Å²) in [7, 11) is 1.80. The van der Waals surface area contributed by atoms with E-state index in [1.807, 2.05) is 20.8 Å². The molecular weight excluding hydrogens is 483 g/mol. The summed E-state index contributed by atoms with van der Waals surface area (Å²) in [5.41, 5.74) is 2.12. The molecule has 0 radical (unpaired) electrons. The van der Waals surface area contributed by atoms with Gasteiger partial charge in [0.25, 0.3) is 0 Å². The van der Waals surface area contributed by atoms with Crippen LogP contribution >= 0.6 is 24.0 Å². The zero-order valence-electron chi connectivity index (χ0n) is 17.8. The number of benzene rings is 1. The number of rotatable bonds is 4. The first-order valence-electron chi connectivity index (χ1n) is 10.0. The van der Waals surface area contributed by atoms with Crippen LogP contribution in [0, 0.1) is 0 Å². The van der Waals surface area contributed by atoms with Gasteiger partial charge in [-0.1, -0.05) is 12.1 Å². The third-order valence-electron chi connectivity index (χ3n) is 4.87. The van der Waals surface area contributed by atoms with E-state index in [0.717, 1.165) is 57.2 Å². The Labute approximate surface area is 190 Å². The monoisotopic (exact) mass is 516 g/mol. The van der Waals surface area contributed by atoms with Crippen molar-refractivity contribution in [1.29, 1.82) is 0 Å². The van der Waals surface area contributed by atoms with Crippen molar-refractivity contribution < 1.29 is 14.3 Å². The first-order valence-corrected chi connectivity index (χ1v) is 10.0. The van der Waals surface area contributed by atoms with Gasteiger partial charge in [-0.25, -0.2) is 4.79 Å². The van der Waals surface area contributed by atoms with Crippen LogP contribution in [-0.4, -0.2) is 61.9 Å². The van der Waals surface area contributed by atoms with Gasteiger partial charge in [-0.3, -0.25) is 4.99 Å². The number of aliphatic imine (C=N–C) groups is 1. The molecule has 2 aliphatic rings. The summed E-state index contributed by atoms with van der Waals surface area (Å²) in [5.74, 6) is 1.89. The molecule has 0 unspecified atom stereocenters. The molecule has 2 aliphatic heterocycles. The molecule has 8 heteroatoms. The van der Waals surface area contributed by atoms with Crippen molar-refractivity contribution in [2.24, 2.45) is 4.99 Å². The Kier molecular flexibility index (Phi) is 8.42. The highest BCUT2D eigenvalue weighted by Gasteiger charge is 2.27. The van der Waals surface area contributed by atoms with E-state index in [4.69, 9.17) is 9.47 Å². The number of halogens is 1. The molecule has 1 atom stereocenters. The van der Waals surface area contributed by atoms with E-state index in [0.29, 0.717) is 0 Å². The zero-order chi connectivity index (χ0) is 20.1. The van der Waals surface area contributed by atoms with Crippen molar-refractivity contribution in [2.75, 3.05) is 33.3 Å². The second-order valence-corrected chi connectivity index (χ2v) is 8.34. The van der Waals surface area contributed by atoms with Gasteiger partial charge in [-0.05, 0) is 50.8 Å². The molecule has 1 aromatic rings. The number of carbonyl (C=O) groups excluding carboxylic acids is 1. The lowest BCUT2D eigenvalue weighted by atomic mass is 10.1. The highest BCUT2D eigenvalue weighted by molar-refractivity contribution is 14.0. The van der Waals surface area contributed by atoms with Gasteiger partial charge < -0.3 is 25.0 Å². The van der Waals surface area contributed by atoms with Crippen LogP contribution in [0.15, 0.2) is 23.2 Å². The predicted octanol–water partition coefficient (Wildman–Crippen LogP) is 2.96. The second kappa shape index (κ2) is 10.4. The fourth-order valence-electron chi connectivity index (χ4n) is 3.59. The number of nitrogens with zero attached hydrogens (tertiary/aromatic N) is 2. The van der Waals surface area contributed by atoms with Crippen LogP contribution in [0.3, 0.4) is 0 Å². The Bertz CT molecular complexity index is 733. The highest BCUT2D eigenvalue weighted by atomic mass is 127. The van der Waals surface area contributed by atoms with E-state index in [1.54, 1.807) is 7.05 Å². The Balaban J connectivity index is 0.00000300. The number of hydrogen-bond acceptors (Lipinski definition) is 4. The number of guanidine groups is 1. The lowest BCUT2D eigenvalue weighted by Crippen LogP contribution is -2.44. The molecule has 1 saturated heterocycles. The summed E-state index contributed by atoms with van der Waals surface area (Å²) in [6, 6.07) is 6.51. The quantitative estimate of drug-likeness (QED) is 0.366. The predicted molar refractivity (Wildman–Crippen MR) is 125 cm³/mol. The van der Waals surface area contributed by atoms with E-state index in [9.17, 15) is 4.79 Å². The molecule has 3 rings (SSSR count). The van der Waals surface area contributed by atoms with Gasteiger partial charge in [0.1, 0.15) is 11.4 Å². The molecule has 162 valence electrons. The lowest BCUT2D eigenvalue weighted by molar-refractivity contribution is 0.0507. The van der Waals surface area contributed by atoms with E-state index in [2.05, 4.69) is 38.7 Å². The molecule has 0 bridgehead atoms. The minimum atomic E-state index is -0.482. The van der Waals surface area contributed by atoms with Crippen LogP contribution < -0.4 is 15.4 Å². The minimum Gasteiger partial charge on any atom is -0.493 e. The van der Waals surface area contributed by atoms with Crippen LogP contribution in [0.5, 0.6) is 5.75 Å². The fourth-order valence-corrected chi connectivity index (χ4v) is 3.59. The van der Waals surface area contributed by atoms with Crippen LogP contribution in [0.1, 0.15) is 38.3 Å². The van der Waals surface area contributed by atoms with E-state index in [1.165, 1.54) is 11.1 Å². The summed E-state index contributed by atoms with van der Waals surface area (Å²) in [6.45, 7) is 8.80. The number of nitrogens with one attached hydrogen (secondary N) is 2. The number of likely N-dealkylation sites (tertiary alicyclic amines) is 1. The molecule has 1 amide bonds. The smallest absolute Gasteiger partial charge is 0.407 e. The first-order chi connectivity index (χ1) is 13.3. The fraction of sp³-hybridized carbons (Fsp3) is 0.619. The third-order valence-corrected chi connectivity index (χ3v) is 4.87. The summed E-state index contributed by atoms with van der Waals surface area (Å²) in [5, 5.41) is 6.39. The lowest BCUT2D eigenvalue weighted by Gasteiger charge is -2.23. The Morgan fingerprint density at radius 3 is 2.90 bits per heavy atom. The number of amides is 1. The molecule has 0 aromatic heterocycles. The van der Waals surface area contributed by atoms with Crippen molar-refractivity contribution >= 4 is 36.0 Å². The number of ether oxygens (including phenoxy) is 2. The maximum Gasteiger partial charge on any atom is 0.407 e. The van der Waals surface area contributed by atoms with Gasteiger partial charge in [-0.15, -0.1) is 24.0 Å². The van der Waals surface area contributed by atoms with Gasteiger partial charge in [0.15, 0.2) is 5.96 Å². The Morgan fingerprint density at radius 1 is 1.38 bits per heavy atom. The maximum absolute atomic E-state index is 12.0. The van der Waals surface area contributed by atoms with Crippen LogP contribution in [-0.2, 0) is 17.6 Å². The summed E-state index contributed by atoms with van der Waals surface area (Å²) in [6.07, 6.45) is 2.45. The Hall–Kier alpha value is -1.71. The molecule has 7 nitrogen and oxygen atoms in total. The molecule has 2 heterocycles. The van der Waals surface area contributed by atoms with Gasteiger partial charge in [0.2, 0.25) is 0 Å². The van der Waals surface area contributed by atoms with Gasteiger partial charge in [0.05, 0.1) is 12.6 Å². The van der Waals surface area contributed by atoms with Gasteiger partial charge in [-0.2, -0.15) is 0 Å². The number of alkyl carbamates (subject to hydrolysis) is 1. The number of fused-ring (bicyclic) bond motifs is 1. The maximum atomic E-state index is 12.0. The average molecular weight is 516 g/mol. The van der Waals surface area contributed by atoms with E-state index >= 15 is 0 Å². The molecule has 0 aliphatic carbocycles. The third kappa shape index (κ3) is 6.94. The zero-order valence-corrected chi connectivity index (χ0v) is 20.1. The van der Waals surface area contributed by atoms with Crippen LogP contribution in [0.2, 0.25) is 0 Å². The molecule has 0 saturated carbocycles. The average Bonchev–Trinajstić information content (AvgIpc) is 3.25. The summed E-state index contributed by atoms with van der Waals surface area (Å²) in [4.78, 5) is 18.5. The van der Waals surface area contributed by atoms with Crippen molar-refractivity contribution in [2.45, 2.75) is 51.7 Å². The van der Waals surface area contributed by atoms with Crippen molar-refractivity contribution in [1.82, 2.24) is 15.5 Å². The van der Waals surface area contributed by atoms with Crippen molar-refractivity contribution in [3.63, 3.8) is 0 Å². The molecule has 2 N–H and O–H groups in total. The normalized spacial score (nSPS) is 18.6. The van der Waals surface area contributed by atoms with Gasteiger partial charge >= 0.3 is 6.09 Å².